The third-order valence-corrected chi connectivity index (χ3v) is 0.471. The van der Waals surface area contributed by atoms with Crippen LogP contribution < -0.4 is 17.6 Å². The van der Waals surface area contributed by atoms with Crippen LogP contribution in [0.2, 0.25) is 0 Å². The van der Waals surface area contributed by atoms with Gasteiger partial charge in [0.25, 0.3) is 23.9 Å². The molecule has 136 valence electrons. The lowest BCUT2D eigenvalue weighted by molar-refractivity contribution is -0.135. The van der Waals surface area contributed by atoms with Crippen LogP contribution in [0.3, 0.4) is 0 Å². The molecule has 0 aromatic rings. The van der Waals surface area contributed by atoms with Gasteiger partial charge in [-0.05, 0) is 6.42 Å². The molecular weight excluding hydrogens is 302 g/mol. The lowest BCUT2D eigenvalue weighted by atomic mass is 10.4. The van der Waals surface area contributed by atoms with Gasteiger partial charge < -0.3 is 38.0 Å². The fraction of sp³-hybridized carbons (Fsp3) is 0.636. The Labute approximate surface area is 129 Å². The molecule has 0 aromatic heterocycles. The highest BCUT2D eigenvalue weighted by Gasteiger charge is 1.79. The maximum atomic E-state index is 9.00. The van der Waals surface area contributed by atoms with E-state index in [9.17, 15) is 0 Å². The van der Waals surface area contributed by atoms with Gasteiger partial charge in [-0.1, -0.05) is 6.92 Å². The number of nitrogens with two attached hydrogens (primary N) is 2. The Balaban J connectivity index is -0.0000000361. The maximum absolute atomic E-state index is 9.00. The fourth-order valence-electron chi connectivity index (χ4n) is 0. The van der Waals surface area contributed by atoms with Crippen LogP contribution in [-0.4, -0.2) is 50.5 Å². The van der Waals surface area contributed by atoms with Gasteiger partial charge in [-0.15, -0.1) is 0 Å². The fourth-order valence-corrected chi connectivity index (χ4v) is 0. The molecule has 0 saturated heterocycles. The topological polar surface area (TPSA) is 236 Å². The second kappa shape index (κ2) is 31.3. The Bertz CT molecular complexity index is 219. The zero-order valence-electron chi connectivity index (χ0n) is 13.6. The molecule has 0 fully saturated rings. The molecule has 0 spiro atoms. The Kier molecular flexibility index (Phi) is 52.2. The van der Waals surface area contributed by atoms with Crippen LogP contribution in [0.4, 0.5) is 0 Å². The maximum Gasteiger partial charge on any atom is 0.300 e. The summed E-state index contributed by atoms with van der Waals surface area (Å²) in [6, 6.07) is 0. The first kappa shape index (κ1) is 36.7. The van der Waals surface area contributed by atoms with Gasteiger partial charge >= 0.3 is 0 Å². The van der Waals surface area contributed by atoms with E-state index in [4.69, 9.17) is 51.1 Å². The summed E-state index contributed by atoms with van der Waals surface area (Å²) < 4.78 is 0. The van der Waals surface area contributed by atoms with E-state index in [1.54, 1.807) is 0 Å². The molecule has 0 atom stereocenters. The molecule has 11 nitrogen and oxygen atoms in total. The first-order valence-corrected chi connectivity index (χ1v) is 5.49. The molecule has 0 amide bonds. The number of carboxylic acid groups (broad SMARTS) is 4. The van der Waals surface area contributed by atoms with E-state index >= 15 is 0 Å². The monoisotopic (exact) mass is 331 g/mol. The van der Waals surface area contributed by atoms with E-state index in [0.717, 1.165) is 34.1 Å². The molecule has 0 aliphatic heterocycles. The predicted octanol–water partition coefficient (Wildman–Crippen LogP) is 0.166. The van der Waals surface area contributed by atoms with Crippen molar-refractivity contribution < 1.29 is 39.6 Å². The molecule has 0 aliphatic carbocycles. The van der Waals surface area contributed by atoms with Crippen molar-refractivity contribution in [3.63, 3.8) is 0 Å². The van der Waals surface area contributed by atoms with Crippen LogP contribution >= 0.6 is 0 Å². The molecular formula is C11H29N3O8. The largest absolute Gasteiger partial charge is 0.481 e. The van der Waals surface area contributed by atoms with Crippen molar-refractivity contribution in [2.24, 2.45) is 11.5 Å². The molecule has 0 bridgehead atoms. The van der Waals surface area contributed by atoms with Crippen molar-refractivity contribution in [2.45, 2.75) is 47.2 Å². The predicted molar refractivity (Wildman–Crippen MR) is 80.7 cm³/mol. The van der Waals surface area contributed by atoms with E-state index in [-0.39, 0.29) is 12.3 Å². The van der Waals surface area contributed by atoms with Gasteiger partial charge in [-0.25, -0.2) is 0 Å². The minimum absolute atomic E-state index is 0. The minimum Gasteiger partial charge on any atom is -0.481 e. The normalized spacial score (nSPS) is 6.73. The molecule has 11 heteroatoms. The molecule has 0 saturated carbocycles. The third-order valence-electron chi connectivity index (χ3n) is 0.471. The molecule has 22 heavy (non-hydrogen) atoms. The third kappa shape index (κ3) is 86600. The summed E-state index contributed by atoms with van der Waals surface area (Å²) in [6.45, 7) is 6.28. The molecule has 0 rings (SSSR count). The molecule has 0 aromatic carbocycles. The van der Waals surface area contributed by atoms with Crippen molar-refractivity contribution in [3.05, 3.63) is 0 Å². The highest BCUT2D eigenvalue weighted by Crippen LogP contribution is 1.68. The first-order valence-electron chi connectivity index (χ1n) is 5.49. The number of aliphatic carboxylic acids is 4. The minimum atomic E-state index is -0.833. The SMILES string of the molecule is CC(=O)O.CC(=O)O.CC(=O)O.CC(=O)O.CCC(N)N.N. The summed E-state index contributed by atoms with van der Waals surface area (Å²) in [6.07, 6.45) is 0.745. The zero-order chi connectivity index (χ0) is 18.6. The number of carbonyl (C=O) groups is 4. The highest BCUT2D eigenvalue weighted by atomic mass is 16.4. The summed E-state index contributed by atoms with van der Waals surface area (Å²) in [7, 11) is 0. The van der Waals surface area contributed by atoms with Crippen molar-refractivity contribution in [1.29, 1.82) is 0 Å². The summed E-state index contributed by atoms with van der Waals surface area (Å²) >= 11 is 0. The van der Waals surface area contributed by atoms with Crippen molar-refractivity contribution in [1.82, 2.24) is 6.15 Å². The molecule has 0 heterocycles. The molecule has 0 aliphatic rings. The van der Waals surface area contributed by atoms with Crippen LogP contribution in [0.5, 0.6) is 0 Å². The summed E-state index contributed by atoms with van der Waals surface area (Å²) in [5, 5.41) is 29.7. The number of carboxylic acids is 4. The Hall–Kier alpha value is -2.24. The average molecular weight is 331 g/mol. The summed E-state index contributed by atoms with van der Waals surface area (Å²) in [4.78, 5) is 36.0. The molecule has 0 radical (unpaired) electrons. The van der Waals surface area contributed by atoms with Crippen molar-refractivity contribution in [3.8, 4) is 0 Å². The summed E-state index contributed by atoms with van der Waals surface area (Å²) in [5.74, 6) is -3.33. The van der Waals surface area contributed by atoms with Crippen molar-refractivity contribution in [2.75, 3.05) is 0 Å². The van der Waals surface area contributed by atoms with Gasteiger partial charge in [0.2, 0.25) is 0 Å². The summed E-state index contributed by atoms with van der Waals surface area (Å²) in [5.41, 5.74) is 10.1. The van der Waals surface area contributed by atoms with E-state index in [1.165, 1.54) is 0 Å². The number of hydrogen-bond acceptors (Lipinski definition) is 7. The van der Waals surface area contributed by atoms with Crippen molar-refractivity contribution >= 4 is 23.9 Å². The van der Waals surface area contributed by atoms with Crippen LogP contribution in [0.25, 0.3) is 0 Å². The smallest absolute Gasteiger partial charge is 0.300 e. The van der Waals surface area contributed by atoms with Crippen LogP contribution in [0.15, 0.2) is 0 Å². The van der Waals surface area contributed by atoms with Crippen LogP contribution in [-0.2, 0) is 19.2 Å². The Morgan fingerprint density at radius 3 is 0.773 bits per heavy atom. The van der Waals surface area contributed by atoms with E-state index in [2.05, 4.69) is 0 Å². The first-order chi connectivity index (χ1) is 9.20. The van der Waals surface area contributed by atoms with Gasteiger partial charge in [0.15, 0.2) is 0 Å². The zero-order valence-corrected chi connectivity index (χ0v) is 13.6. The second-order valence-corrected chi connectivity index (χ2v) is 3.15. The number of rotatable bonds is 1. The molecule has 0 unspecified atom stereocenters. The second-order valence-electron chi connectivity index (χ2n) is 3.15. The van der Waals surface area contributed by atoms with Gasteiger partial charge in [-0.2, -0.15) is 0 Å². The van der Waals surface area contributed by atoms with E-state index in [0.29, 0.717) is 0 Å². The number of hydrogen-bond donors (Lipinski definition) is 7. The average Bonchev–Trinajstić information content (AvgIpc) is 2.13. The lowest BCUT2D eigenvalue weighted by Crippen LogP contribution is -2.28. The molecule has 11 N–H and O–H groups in total. The Morgan fingerprint density at radius 1 is 0.727 bits per heavy atom. The standard InChI is InChI=1S/C3H10N2.4C2H4O2.H3N/c1-2-3(4)5;4*1-2(3)4;/h3H,2,4-5H2,1H3;4*1H3,(H,3,4);1H3. The quantitative estimate of drug-likeness (QED) is 0.319. The van der Waals surface area contributed by atoms with Crippen LogP contribution in [0.1, 0.15) is 41.0 Å². The van der Waals surface area contributed by atoms with Gasteiger partial charge in [0, 0.05) is 27.7 Å². The van der Waals surface area contributed by atoms with E-state index < -0.39 is 23.9 Å². The highest BCUT2D eigenvalue weighted by molar-refractivity contribution is 5.63. The van der Waals surface area contributed by atoms with E-state index in [1.807, 2.05) is 6.92 Å². The Morgan fingerprint density at radius 2 is 0.773 bits per heavy atom. The van der Waals surface area contributed by atoms with Gasteiger partial charge in [0.05, 0.1) is 6.17 Å². The van der Waals surface area contributed by atoms with Crippen LogP contribution in [0, 0.1) is 0 Å². The van der Waals surface area contributed by atoms with Gasteiger partial charge in [-0.3, -0.25) is 19.2 Å². The van der Waals surface area contributed by atoms with Gasteiger partial charge in [0.1, 0.15) is 0 Å². The lowest BCUT2D eigenvalue weighted by Gasteiger charge is -1.92.